The summed E-state index contributed by atoms with van der Waals surface area (Å²) in [5, 5.41) is 0. The average Bonchev–Trinajstić information content (AvgIpc) is 2.56. The van der Waals surface area contributed by atoms with E-state index in [1.165, 1.54) is 64.2 Å². The molecular formula is C20H42InN. The Labute approximate surface area is 148 Å². The maximum absolute atomic E-state index is 6.24. The molecule has 1 aliphatic rings. The molecule has 0 saturated heterocycles. The van der Waals surface area contributed by atoms with Crippen LogP contribution in [-0.4, -0.2) is 28.0 Å². The SMILES string of the molecule is CCC[CH2][In]([CH2]C1(CC)CCCCC1CC)[CH](CN)CCC. The normalized spacial score (nSPS) is 26.9. The second-order valence-corrected chi connectivity index (χ2v) is 17.8. The van der Waals surface area contributed by atoms with Crippen molar-refractivity contribution in [3.63, 3.8) is 0 Å². The molecule has 0 bridgehead atoms. The van der Waals surface area contributed by atoms with E-state index in [1.807, 2.05) is 0 Å². The Morgan fingerprint density at radius 3 is 2.45 bits per heavy atom. The molecule has 1 saturated carbocycles. The predicted octanol–water partition coefficient (Wildman–Crippen LogP) is 6.41. The summed E-state index contributed by atoms with van der Waals surface area (Å²) in [5.74, 6) is 1.02. The van der Waals surface area contributed by atoms with Crippen LogP contribution in [-0.2, 0) is 0 Å². The van der Waals surface area contributed by atoms with Crippen LogP contribution in [0.5, 0.6) is 0 Å². The molecule has 0 amide bonds. The van der Waals surface area contributed by atoms with Gasteiger partial charge in [-0.2, -0.15) is 0 Å². The van der Waals surface area contributed by atoms with Gasteiger partial charge >= 0.3 is 149 Å². The molecule has 2 N–H and O–H groups in total. The van der Waals surface area contributed by atoms with Crippen LogP contribution in [0, 0.1) is 11.3 Å². The summed E-state index contributed by atoms with van der Waals surface area (Å²) < 4.78 is 4.27. The molecule has 0 aromatic carbocycles. The fourth-order valence-corrected chi connectivity index (χ4v) is 19.6. The van der Waals surface area contributed by atoms with Crippen LogP contribution in [0.3, 0.4) is 0 Å². The van der Waals surface area contributed by atoms with Gasteiger partial charge in [0.15, 0.2) is 0 Å². The molecular weight excluding hydrogens is 369 g/mol. The number of nitrogens with two attached hydrogens (primary N) is 1. The van der Waals surface area contributed by atoms with Gasteiger partial charge in [-0.05, 0) is 0 Å². The predicted molar refractivity (Wildman–Crippen MR) is 103 cm³/mol. The van der Waals surface area contributed by atoms with Gasteiger partial charge in [-0.3, -0.25) is 0 Å². The molecule has 3 unspecified atom stereocenters. The van der Waals surface area contributed by atoms with Gasteiger partial charge in [0.05, 0.1) is 0 Å². The monoisotopic (exact) mass is 411 g/mol. The minimum atomic E-state index is -1.53. The van der Waals surface area contributed by atoms with E-state index < -0.39 is 21.4 Å². The van der Waals surface area contributed by atoms with Crippen LogP contribution in [0.2, 0.25) is 12.0 Å². The van der Waals surface area contributed by atoms with Crippen LogP contribution in [0.4, 0.5) is 0 Å². The van der Waals surface area contributed by atoms with E-state index in [2.05, 4.69) is 27.7 Å². The number of hydrogen-bond donors (Lipinski definition) is 1. The van der Waals surface area contributed by atoms with Gasteiger partial charge in [0.25, 0.3) is 0 Å². The molecule has 0 aliphatic heterocycles. The first-order chi connectivity index (χ1) is 10.7. The van der Waals surface area contributed by atoms with E-state index in [4.69, 9.17) is 5.73 Å². The van der Waals surface area contributed by atoms with Crippen molar-refractivity contribution in [2.75, 3.05) is 6.54 Å². The Kier molecular flexibility index (Phi) is 10.8. The molecule has 0 aromatic heterocycles. The second kappa shape index (κ2) is 11.4. The molecule has 0 spiro atoms. The summed E-state index contributed by atoms with van der Waals surface area (Å²) in [4.78, 5) is 0. The van der Waals surface area contributed by atoms with Gasteiger partial charge in [0.2, 0.25) is 0 Å². The molecule has 1 rings (SSSR count). The summed E-state index contributed by atoms with van der Waals surface area (Å²) in [6.07, 6.45) is 14.5. The third-order valence-corrected chi connectivity index (χ3v) is 19.4. The fraction of sp³-hybridized carbons (Fsp3) is 1.00. The molecule has 2 heteroatoms. The Hall–Kier alpha value is 0.830. The summed E-state index contributed by atoms with van der Waals surface area (Å²) in [6, 6.07) is 0. The number of hydrogen-bond acceptors (Lipinski definition) is 1. The van der Waals surface area contributed by atoms with Crippen LogP contribution < -0.4 is 5.73 Å². The molecule has 0 radical (unpaired) electrons. The van der Waals surface area contributed by atoms with E-state index in [-0.39, 0.29) is 0 Å². The van der Waals surface area contributed by atoms with Gasteiger partial charge in [-0.15, -0.1) is 0 Å². The van der Waals surface area contributed by atoms with E-state index in [0.29, 0.717) is 0 Å². The van der Waals surface area contributed by atoms with Gasteiger partial charge in [0.1, 0.15) is 0 Å². The molecule has 3 atom stereocenters. The van der Waals surface area contributed by atoms with Crippen LogP contribution in [0.25, 0.3) is 0 Å². The van der Waals surface area contributed by atoms with Crippen LogP contribution >= 0.6 is 0 Å². The first-order valence-electron chi connectivity index (χ1n) is 10.4. The van der Waals surface area contributed by atoms with E-state index in [1.54, 1.807) is 8.35 Å². The molecule has 1 nitrogen and oxygen atoms in total. The Morgan fingerprint density at radius 1 is 1.14 bits per heavy atom. The summed E-state index contributed by atoms with van der Waals surface area (Å²) in [7, 11) is 0. The Balaban J connectivity index is 2.86. The topological polar surface area (TPSA) is 26.0 Å². The average molecular weight is 411 g/mol. The molecule has 1 fully saturated rings. The van der Waals surface area contributed by atoms with Crippen LogP contribution in [0.15, 0.2) is 0 Å². The number of rotatable bonds is 11. The van der Waals surface area contributed by atoms with Gasteiger partial charge in [-0.1, -0.05) is 0 Å². The van der Waals surface area contributed by atoms with Gasteiger partial charge in [0, 0.05) is 0 Å². The number of unbranched alkanes of at least 4 members (excludes halogenated alkanes) is 1. The molecule has 22 heavy (non-hydrogen) atoms. The van der Waals surface area contributed by atoms with Crippen molar-refractivity contribution in [1.29, 1.82) is 0 Å². The first kappa shape index (κ1) is 20.9. The van der Waals surface area contributed by atoms with Crippen molar-refractivity contribution < 1.29 is 0 Å². The summed E-state index contributed by atoms with van der Waals surface area (Å²) >= 11 is -1.53. The van der Waals surface area contributed by atoms with Gasteiger partial charge in [-0.25, -0.2) is 0 Å². The third-order valence-electron chi connectivity index (χ3n) is 6.77. The first-order valence-corrected chi connectivity index (χ1v) is 16.9. The minimum absolute atomic E-state index is 0.725. The van der Waals surface area contributed by atoms with Crippen molar-refractivity contribution in [3.05, 3.63) is 0 Å². The van der Waals surface area contributed by atoms with Crippen molar-refractivity contribution in [1.82, 2.24) is 0 Å². The zero-order valence-corrected chi connectivity index (χ0v) is 19.3. The zero-order valence-electron chi connectivity index (χ0n) is 16.0. The zero-order chi connectivity index (χ0) is 16.4. The standard InChI is InChI=1S/C11H21.C5H12N.C4H9.In/c1-4-10-8-6-7-9-11(10,3)5-2;1-2-3-4-5-6;1-3-4-2;/h10H,3-9H2,1-2H3;4H,2-3,5-6H2,1H3;1,3-4H2,2H3;. The van der Waals surface area contributed by atoms with E-state index in [9.17, 15) is 0 Å². The van der Waals surface area contributed by atoms with Gasteiger partial charge < -0.3 is 0 Å². The Morgan fingerprint density at radius 2 is 1.91 bits per heavy atom. The van der Waals surface area contributed by atoms with E-state index >= 15 is 0 Å². The molecule has 1 aliphatic carbocycles. The van der Waals surface area contributed by atoms with Crippen molar-refractivity contribution >= 4 is 21.4 Å². The van der Waals surface area contributed by atoms with E-state index in [0.717, 1.165) is 21.6 Å². The molecule has 130 valence electrons. The van der Waals surface area contributed by atoms with Crippen LogP contribution in [0.1, 0.15) is 91.9 Å². The van der Waals surface area contributed by atoms with Crippen molar-refractivity contribution in [2.24, 2.45) is 17.1 Å². The summed E-state index contributed by atoms with van der Waals surface area (Å²) in [6.45, 7) is 10.7. The molecule has 0 heterocycles. The summed E-state index contributed by atoms with van der Waals surface area (Å²) in [5.41, 5.74) is 6.97. The Bertz CT molecular complexity index is 281. The second-order valence-electron chi connectivity index (χ2n) is 7.96. The molecule has 0 aromatic rings. The van der Waals surface area contributed by atoms with Crippen molar-refractivity contribution in [3.8, 4) is 0 Å². The fourth-order valence-electron chi connectivity index (χ4n) is 5.30. The van der Waals surface area contributed by atoms with Crippen molar-refractivity contribution in [2.45, 2.75) is 104 Å². The maximum atomic E-state index is 6.24. The quantitative estimate of drug-likeness (QED) is 0.418. The third kappa shape index (κ3) is 5.72.